The van der Waals surface area contributed by atoms with Crippen LogP contribution >= 0.6 is 0 Å². The molecular formula is C24H26FN3O4. The van der Waals surface area contributed by atoms with Gasteiger partial charge in [-0.25, -0.2) is 9.18 Å². The summed E-state index contributed by atoms with van der Waals surface area (Å²) in [6.45, 7) is 6.47. The van der Waals surface area contributed by atoms with Crippen LogP contribution in [0.15, 0.2) is 36.4 Å². The maximum Gasteiger partial charge on any atom is 0.408 e. The van der Waals surface area contributed by atoms with Crippen LogP contribution < -0.4 is 10.6 Å². The van der Waals surface area contributed by atoms with Crippen LogP contribution in [-0.2, 0) is 35.6 Å². The number of carbonyl (C=O) groups excluding carboxylic acids is 3. The Labute approximate surface area is 185 Å². The average Bonchev–Trinajstić information content (AvgIpc) is 3.08. The van der Waals surface area contributed by atoms with Gasteiger partial charge in [0.25, 0.3) is 5.91 Å². The van der Waals surface area contributed by atoms with Gasteiger partial charge < -0.3 is 20.3 Å². The Kier molecular flexibility index (Phi) is 5.62. The van der Waals surface area contributed by atoms with Gasteiger partial charge in [-0.1, -0.05) is 12.1 Å². The highest BCUT2D eigenvalue weighted by Crippen LogP contribution is 2.31. The molecule has 2 aliphatic rings. The van der Waals surface area contributed by atoms with Gasteiger partial charge >= 0.3 is 6.09 Å². The smallest absolute Gasteiger partial charge is 0.408 e. The molecule has 4 rings (SSSR count). The Bertz CT molecular complexity index is 1080. The normalized spacial score (nSPS) is 17.7. The first-order chi connectivity index (χ1) is 15.1. The second-order valence-corrected chi connectivity index (χ2v) is 9.13. The number of rotatable bonds is 2. The first-order valence-corrected chi connectivity index (χ1v) is 10.6. The molecule has 7 nitrogen and oxygen atoms in total. The SMILES string of the molecule is CC(C)(C)OC(=O)N[C@H]1Cc2ccc3c(c2CNC1=O)CN(C(=O)c1ccc(F)cc1)C3. The van der Waals surface area contributed by atoms with Crippen molar-refractivity contribution in [2.75, 3.05) is 0 Å². The number of benzene rings is 2. The lowest BCUT2D eigenvalue weighted by Crippen LogP contribution is -2.48. The van der Waals surface area contributed by atoms with E-state index in [4.69, 9.17) is 4.74 Å². The largest absolute Gasteiger partial charge is 0.444 e. The zero-order valence-corrected chi connectivity index (χ0v) is 18.3. The van der Waals surface area contributed by atoms with Gasteiger partial charge in [-0.05, 0) is 67.3 Å². The molecule has 0 aliphatic carbocycles. The fourth-order valence-corrected chi connectivity index (χ4v) is 4.10. The summed E-state index contributed by atoms with van der Waals surface area (Å²) in [5.74, 6) is -0.836. The quantitative estimate of drug-likeness (QED) is 0.753. The Morgan fingerprint density at radius 3 is 2.44 bits per heavy atom. The van der Waals surface area contributed by atoms with Crippen LogP contribution in [0.25, 0.3) is 0 Å². The lowest BCUT2D eigenvalue weighted by atomic mass is 9.95. The number of amides is 3. The standard InChI is InChI=1S/C24H26FN3O4/c1-24(2,3)32-23(31)27-20-10-15-4-5-16-12-28(13-19(16)18(15)11-26-21(20)29)22(30)14-6-8-17(25)9-7-14/h4-9,20H,10-13H2,1-3H3,(H,26,29)(H,27,31)/t20-/m0/s1. The third-order valence-corrected chi connectivity index (χ3v) is 5.58. The molecule has 0 fully saturated rings. The van der Waals surface area contributed by atoms with Crippen molar-refractivity contribution in [1.82, 2.24) is 15.5 Å². The van der Waals surface area contributed by atoms with E-state index in [1.54, 1.807) is 25.7 Å². The van der Waals surface area contributed by atoms with Crippen molar-refractivity contribution in [2.24, 2.45) is 0 Å². The van der Waals surface area contributed by atoms with E-state index in [1.807, 2.05) is 12.1 Å². The van der Waals surface area contributed by atoms with Gasteiger partial charge in [-0.15, -0.1) is 0 Å². The number of alkyl carbamates (subject to hydrolysis) is 1. The highest BCUT2D eigenvalue weighted by atomic mass is 19.1. The van der Waals surface area contributed by atoms with Crippen molar-refractivity contribution in [1.29, 1.82) is 0 Å². The van der Waals surface area contributed by atoms with Crippen molar-refractivity contribution in [3.63, 3.8) is 0 Å². The van der Waals surface area contributed by atoms with E-state index in [0.29, 0.717) is 31.6 Å². The summed E-state index contributed by atoms with van der Waals surface area (Å²) in [4.78, 5) is 39.4. The number of nitrogens with zero attached hydrogens (tertiary/aromatic N) is 1. The first-order valence-electron chi connectivity index (χ1n) is 10.6. The van der Waals surface area contributed by atoms with E-state index in [0.717, 1.165) is 22.3 Å². The predicted octanol–water partition coefficient (Wildman–Crippen LogP) is 3.05. The minimum atomic E-state index is -0.748. The summed E-state index contributed by atoms with van der Waals surface area (Å²) in [5.41, 5.74) is 3.71. The van der Waals surface area contributed by atoms with Gasteiger partial charge in [-0.2, -0.15) is 0 Å². The number of fused-ring (bicyclic) bond motifs is 3. The lowest BCUT2D eigenvalue weighted by Gasteiger charge is -2.22. The highest BCUT2D eigenvalue weighted by Gasteiger charge is 2.32. The Hall–Kier alpha value is -3.42. The van der Waals surface area contributed by atoms with Gasteiger partial charge in [0.05, 0.1) is 0 Å². The molecule has 168 valence electrons. The Morgan fingerprint density at radius 1 is 1.06 bits per heavy atom. The van der Waals surface area contributed by atoms with E-state index < -0.39 is 17.7 Å². The van der Waals surface area contributed by atoms with Gasteiger partial charge in [0.1, 0.15) is 17.5 Å². The van der Waals surface area contributed by atoms with Crippen LogP contribution in [0.3, 0.4) is 0 Å². The molecule has 0 unspecified atom stereocenters. The van der Waals surface area contributed by atoms with Crippen molar-refractivity contribution >= 4 is 17.9 Å². The predicted molar refractivity (Wildman–Crippen MR) is 115 cm³/mol. The number of carbonyl (C=O) groups is 3. The van der Waals surface area contributed by atoms with Crippen LogP contribution in [-0.4, -0.2) is 34.5 Å². The van der Waals surface area contributed by atoms with E-state index in [1.165, 1.54) is 24.3 Å². The van der Waals surface area contributed by atoms with E-state index >= 15 is 0 Å². The fraction of sp³-hybridized carbons (Fsp3) is 0.375. The Morgan fingerprint density at radius 2 is 1.75 bits per heavy atom. The van der Waals surface area contributed by atoms with Gasteiger partial charge in [0, 0.05) is 31.6 Å². The van der Waals surface area contributed by atoms with Crippen molar-refractivity contribution in [3.8, 4) is 0 Å². The summed E-state index contributed by atoms with van der Waals surface area (Å²) in [7, 11) is 0. The van der Waals surface area contributed by atoms with Gasteiger partial charge in [0.15, 0.2) is 0 Å². The average molecular weight is 439 g/mol. The minimum absolute atomic E-state index is 0.169. The molecule has 2 heterocycles. The van der Waals surface area contributed by atoms with Crippen LogP contribution in [0.2, 0.25) is 0 Å². The summed E-state index contributed by atoms with van der Waals surface area (Å²) in [5, 5.41) is 5.53. The summed E-state index contributed by atoms with van der Waals surface area (Å²) in [6.07, 6.45) is -0.308. The second-order valence-electron chi connectivity index (χ2n) is 9.13. The number of nitrogens with one attached hydrogen (secondary N) is 2. The third-order valence-electron chi connectivity index (χ3n) is 5.58. The maximum absolute atomic E-state index is 13.2. The van der Waals surface area contributed by atoms with E-state index in [9.17, 15) is 18.8 Å². The molecule has 3 amide bonds. The molecule has 0 spiro atoms. The monoisotopic (exact) mass is 439 g/mol. The van der Waals surface area contributed by atoms with Crippen LogP contribution in [0, 0.1) is 5.82 Å². The van der Waals surface area contributed by atoms with Crippen LogP contribution in [0.5, 0.6) is 0 Å². The molecule has 0 bridgehead atoms. The topological polar surface area (TPSA) is 87.7 Å². The molecule has 0 saturated carbocycles. The van der Waals surface area contributed by atoms with Crippen LogP contribution in [0.4, 0.5) is 9.18 Å². The lowest BCUT2D eigenvalue weighted by molar-refractivity contribution is -0.123. The molecule has 0 saturated heterocycles. The van der Waals surface area contributed by atoms with Crippen molar-refractivity contribution < 1.29 is 23.5 Å². The number of hydrogen-bond donors (Lipinski definition) is 2. The maximum atomic E-state index is 13.2. The third kappa shape index (κ3) is 4.59. The van der Waals surface area contributed by atoms with Crippen molar-refractivity contribution in [3.05, 3.63) is 70.0 Å². The zero-order chi connectivity index (χ0) is 23.0. The molecule has 2 aromatic rings. The summed E-state index contributed by atoms with van der Waals surface area (Å²) < 4.78 is 18.5. The van der Waals surface area contributed by atoms with Gasteiger partial charge in [0.2, 0.25) is 5.91 Å². The fourth-order valence-electron chi connectivity index (χ4n) is 4.10. The number of hydrogen-bond acceptors (Lipinski definition) is 4. The molecule has 2 aliphatic heterocycles. The molecular weight excluding hydrogens is 413 g/mol. The molecule has 32 heavy (non-hydrogen) atoms. The summed E-state index contributed by atoms with van der Waals surface area (Å²) in [6, 6.07) is 8.67. The molecule has 2 N–H and O–H groups in total. The molecule has 2 aromatic carbocycles. The van der Waals surface area contributed by atoms with E-state index in [2.05, 4.69) is 10.6 Å². The highest BCUT2D eigenvalue weighted by molar-refractivity contribution is 5.94. The van der Waals surface area contributed by atoms with Crippen molar-refractivity contribution in [2.45, 2.75) is 58.5 Å². The van der Waals surface area contributed by atoms with Gasteiger partial charge in [-0.3, -0.25) is 9.59 Å². The molecule has 0 radical (unpaired) electrons. The minimum Gasteiger partial charge on any atom is -0.444 e. The molecule has 0 aromatic heterocycles. The zero-order valence-electron chi connectivity index (χ0n) is 18.3. The Balaban J connectivity index is 1.52. The van der Waals surface area contributed by atoms with Crippen LogP contribution in [0.1, 0.15) is 53.4 Å². The van der Waals surface area contributed by atoms with E-state index in [-0.39, 0.29) is 17.6 Å². The number of halogens is 1. The molecule has 1 atom stereocenters. The number of ether oxygens (including phenoxy) is 1. The molecule has 8 heteroatoms. The second kappa shape index (κ2) is 8.26. The summed E-state index contributed by atoms with van der Waals surface area (Å²) >= 11 is 0. The first kappa shape index (κ1) is 21.8.